The largest absolute Gasteiger partial charge is 0.370 e. The Labute approximate surface area is 55.0 Å². The van der Waals surface area contributed by atoms with Gasteiger partial charge in [-0.1, -0.05) is 6.92 Å². The van der Waals surface area contributed by atoms with Crippen molar-refractivity contribution in [2.24, 2.45) is 11.7 Å². The van der Waals surface area contributed by atoms with E-state index in [2.05, 4.69) is 0 Å². The summed E-state index contributed by atoms with van der Waals surface area (Å²) in [6.07, 6.45) is 0.162. The molecule has 0 heterocycles. The first-order valence-corrected chi connectivity index (χ1v) is 2.82. The van der Waals surface area contributed by atoms with Crippen LogP contribution >= 0.6 is 0 Å². The third kappa shape index (κ3) is 3.76. The molecule has 0 aliphatic heterocycles. The van der Waals surface area contributed by atoms with Crippen LogP contribution in [0.3, 0.4) is 0 Å². The van der Waals surface area contributed by atoms with E-state index in [9.17, 15) is 9.59 Å². The standard InChI is InChI=1S/C5H10BNO2/c1-3(5(6)9)2-4(7)8/h3H,2,6H2,1H3,(H2,7,8)/t3-/m0/s1. The lowest BCUT2D eigenvalue weighted by Gasteiger charge is -2.01. The molecule has 50 valence electrons. The van der Waals surface area contributed by atoms with Gasteiger partial charge in [0, 0.05) is 12.3 Å². The molecule has 0 saturated heterocycles. The molecule has 0 aliphatic rings. The van der Waals surface area contributed by atoms with E-state index in [-0.39, 0.29) is 18.0 Å². The fraction of sp³-hybridized carbons (Fsp3) is 0.600. The first-order chi connectivity index (χ1) is 4.04. The summed E-state index contributed by atoms with van der Waals surface area (Å²) in [5, 5.41) is 0. The molecule has 0 aromatic heterocycles. The van der Waals surface area contributed by atoms with Crippen LogP contribution in [0.15, 0.2) is 0 Å². The SMILES string of the molecule is BC(=O)[C@@H](C)CC(N)=O. The van der Waals surface area contributed by atoms with Crippen LogP contribution in [0, 0.1) is 5.92 Å². The summed E-state index contributed by atoms with van der Waals surface area (Å²) in [7, 11) is 1.45. The zero-order valence-electron chi connectivity index (χ0n) is 5.68. The third-order valence-corrected chi connectivity index (χ3v) is 1.20. The van der Waals surface area contributed by atoms with E-state index in [4.69, 9.17) is 5.73 Å². The van der Waals surface area contributed by atoms with Crippen molar-refractivity contribution in [3.63, 3.8) is 0 Å². The maximum Gasteiger partial charge on any atom is 0.218 e. The molecule has 0 aromatic carbocycles. The van der Waals surface area contributed by atoms with Crippen LogP contribution in [0.2, 0.25) is 0 Å². The zero-order valence-corrected chi connectivity index (χ0v) is 5.68. The van der Waals surface area contributed by atoms with E-state index < -0.39 is 5.91 Å². The molecule has 0 fully saturated rings. The minimum absolute atomic E-state index is 0.00815. The molecular formula is C5H10BNO2. The second-order valence-corrected chi connectivity index (χ2v) is 2.18. The van der Waals surface area contributed by atoms with Gasteiger partial charge in [0.25, 0.3) is 0 Å². The second kappa shape index (κ2) is 3.27. The molecule has 1 amide bonds. The number of hydrogen-bond donors (Lipinski definition) is 1. The molecule has 1 atom stereocenters. The van der Waals surface area contributed by atoms with Gasteiger partial charge in [-0.25, -0.2) is 0 Å². The predicted molar refractivity (Wildman–Crippen MR) is 36.5 cm³/mol. The summed E-state index contributed by atoms with van der Waals surface area (Å²) in [6.45, 7) is 1.69. The highest BCUT2D eigenvalue weighted by atomic mass is 16.1. The highest BCUT2D eigenvalue weighted by molar-refractivity contribution is 6.58. The van der Waals surface area contributed by atoms with Gasteiger partial charge in [-0.15, -0.1) is 0 Å². The van der Waals surface area contributed by atoms with Crippen molar-refractivity contribution in [1.82, 2.24) is 0 Å². The van der Waals surface area contributed by atoms with Crippen molar-refractivity contribution in [2.75, 3.05) is 0 Å². The number of rotatable bonds is 3. The fourth-order valence-electron chi connectivity index (χ4n) is 0.446. The van der Waals surface area contributed by atoms with Crippen LogP contribution < -0.4 is 5.73 Å². The monoisotopic (exact) mass is 127 g/mol. The Morgan fingerprint density at radius 3 is 2.22 bits per heavy atom. The summed E-state index contributed by atoms with van der Waals surface area (Å²) < 4.78 is 0. The molecule has 0 spiro atoms. The molecule has 2 N–H and O–H groups in total. The fourth-order valence-corrected chi connectivity index (χ4v) is 0.446. The summed E-state index contributed by atoms with van der Waals surface area (Å²) in [6, 6.07) is 0. The van der Waals surface area contributed by atoms with Crippen molar-refractivity contribution in [3.8, 4) is 0 Å². The molecule has 0 saturated carbocycles. The molecule has 0 radical (unpaired) electrons. The third-order valence-electron chi connectivity index (χ3n) is 1.20. The van der Waals surface area contributed by atoms with Crippen LogP contribution in [0.25, 0.3) is 0 Å². The van der Waals surface area contributed by atoms with Gasteiger partial charge in [-0.05, 0) is 0 Å². The average Bonchev–Trinajstić information content (AvgIpc) is 1.63. The van der Waals surface area contributed by atoms with Crippen LogP contribution in [-0.4, -0.2) is 19.4 Å². The summed E-state index contributed by atoms with van der Waals surface area (Å²) in [5.74, 6) is -0.639. The Bertz CT molecular complexity index is 135. The second-order valence-electron chi connectivity index (χ2n) is 2.18. The van der Waals surface area contributed by atoms with E-state index in [1.807, 2.05) is 0 Å². The smallest absolute Gasteiger partial charge is 0.218 e. The van der Waals surface area contributed by atoms with Gasteiger partial charge >= 0.3 is 0 Å². The zero-order chi connectivity index (χ0) is 7.44. The Morgan fingerprint density at radius 1 is 1.67 bits per heavy atom. The van der Waals surface area contributed by atoms with E-state index in [0.29, 0.717) is 0 Å². The Hall–Kier alpha value is -0.795. The van der Waals surface area contributed by atoms with Gasteiger partial charge in [-0.3, -0.25) is 4.79 Å². The Morgan fingerprint density at radius 2 is 2.11 bits per heavy atom. The van der Waals surface area contributed by atoms with E-state index >= 15 is 0 Å². The van der Waals surface area contributed by atoms with Gasteiger partial charge in [0.1, 0.15) is 0 Å². The van der Waals surface area contributed by atoms with Crippen molar-refractivity contribution in [1.29, 1.82) is 0 Å². The molecule has 3 nitrogen and oxygen atoms in total. The number of carbonyl (C=O) groups excluding carboxylic acids is 2. The van der Waals surface area contributed by atoms with Crippen LogP contribution in [-0.2, 0) is 9.59 Å². The van der Waals surface area contributed by atoms with Gasteiger partial charge < -0.3 is 10.5 Å². The van der Waals surface area contributed by atoms with Crippen LogP contribution in [0.1, 0.15) is 13.3 Å². The Balaban J connectivity index is 3.63. The Kier molecular flexibility index (Phi) is 2.98. The van der Waals surface area contributed by atoms with E-state index in [0.717, 1.165) is 0 Å². The van der Waals surface area contributed by atoms with Crippen LogP contribution in [0.5, 0.6) is 0 Å². The number of nitrogens with two attached hydrogens (primary N) is 1. The first-order valence-electron chi connectivity index (χ1n) is 2.82. The lowest BCUT2D eigenvalue weighted by Crippen LogP contribution is -2.20. The lowest BCUT2D eigenvalue weighted by molar-refractivity contribution is -0.123. The number of hydrogen-bond acceptors (Lipinski definition) is 2. The summed E-state index contributed by atoms with van der Waals surface area (Å²) in [5.41, 5.74) is 4.85. The maximum atomic E-state index is 10.5. The highest BCUT2D eigenvalue weighted by Gasteiger charge is 2.09. The minimum atomic E-state index is -0.419. The quantitative estimate of drug-likeness (QED) is 0.477. The highest BCUT2D eigenvalue weighted by Crippen LogP contribution is 1.98. The van der Waals surface area contributed by atoms with Crippen molar-refractivity contribution in [3.05, 3.63) is 0 Å². The van der Waals surface area contributed by atoms with Gasteiger partial charge in [-0.2, -0.15) is 0 Å². The van der Waals surface area contributed by atoms with Crippen LogP contribution in [0.4, 0.5) is 0 Å². The minimum Gasteiger partial charge on any atom is -0.370 e. The molecule has 0 rings (SSSR count). The number of primary amides is 1. The summed E-state index contributed by atoms with van der Waals surface area (Å²) in [4.78, 5) is 20.7. The lowest BCUT2D eigenvalue weighted by atomic mass is 9.88. The van der Waals surface area contributed by atoms with E-state index in [1.165, 1.54) is 7.85 Å². The molecule has 0 aliphatic carbocycles. The van der Waals surface area contributed by atoms with Gasteiger partial charge in [0.15, 0.2) is 7.85 Å². The van der Waals surface area contributed by atoms with E-state index in [1.54, 1.807) is 6.92 Å². The molecule has 0 bridgehead atoms. The molecular weight excluding hydrogens is 117 g/mol. The molecule has 0 unspecified atom stereocenters. The number of amides is 1. The predicted octanol–water partition coefficient (Wildman–Crippen LogP) is -1.34. The maximum absolute atomic E-state index is 10.5. The molecule has 0 aromatic rings. The average molecular weight is 127 g/mol. The molecule has 9 heavy (non-hydrogen) atoms. The topological polar surface area (TPSA) is 60.2 Å². The first kappa shape index (κ1) is 8.20. The normalized spacial score (nSPS) is 12.6. The molecule has 4 heteroatoms. The van der Waals surface area contributed by atoms with Crippen molar-refractivity contribution in [2.45, 2.75) is 13.3 Å². The van der Waals surface area contributed by atoms with Crippen molar-refractivity contribution >= 4 is 19.4 Å². The number of carbonyl (C=O) groups is 2. The summed E-state index contributed by atoms with van der Waals surface area (Å²) >= 11 is 0. The van der Waals surface area contributed by atoms with Gasteiger partial charge in [0.05, 0.1) is 5.68 Å². The van der Waals surface area contributed by atoms with Crippen molar-refractivity contribution < 1.29 is 9.59 Å². The van der Waals surface area contributed by atoms with Gasteiger partial charge in [0.2, 0.25) is 5.91 Å².